The molecule has 0 unspecified atom stereocenters. The maximum absolute atomic E-state index is 5.18. The number of nitrogens with zero attached hydrogens (tertiary/aromatic N) is 12. The quantitative estimate of drug-likeness (QED) is 0.191. The van der Waals surface area contributed by atoms with Crippen molar-refractivity contribution in [3.63, 3.8) is 0 Å². The van der Waals surface area contributed by atoms with Crippen molar-refractivity contribution in [1.29, 1.82) is 0 Å². The van der Waals surface area contributed by atoms with E-state index in [2.05, 4.69) is 44.2 Å². The van der Waals surface area contributed by atoms with Crippen molar-refractivity contribution in [2.75, 3.05) is 0 Å². The second-order valence-electron chi connectivity index (χ2n) is 14.9. The van der Waals surface area contributed by atoms with Crippen LogP contribution in [0, 0.1) is 24.3 Å². The van der Waals surface area contributed by atoms with Crippen molar-refractivity contribution < 1.29 is 42.1 Å². The van der Waals surface area contributed by atoms with Gasteiger partial charge in [0.15, 0.2) is 0 Å². The van der Waals surface area contributed by atoms with Crippen LogP contribution in [0.2, 0.25) is 0 Å². The Morgan fingerprint density at radius 2 is 0.629 bits per heavy atom. The molecule has 4 aliphatic heterocycles. The van der Waals surface area contributed by atoms with E-state index in [4.69, 9.17) is 19.9 Å². The monoisotopic (exact) mass is 1240 g/mol. The van der Waals surface area contributed by atoms with Crippen LogP contribution < -0.4 is 32.8 Å². The second-order valence-corrected chi connectivity index (χ2v) is 18.9. The molecular formula is C42H24B2N12Pt2S4. The predicted octanol–water partition coefficient (Wildman–Crippen LogP) is 2.96. The minimum atomic E-state index is -0.262. The van der Waals surface area contributed by atoms with Crippen LogP contribution in [0.5, 0.6) is 0 Å². The molecule has 0 N–H and O–H groups in total. The fourth-order valence-electron chi connectivity index (χ4n) is 8.64. The number of fused-ring (bicyclic) bond motifs is 10. The molecule has 12 heterocycles. The molecule has 0 saturated heterocycles. The van der Waals surface area contributed by atoms with E-state index in [-0.39, 0.29) is 55.6 Å². The minimum Gasteiger partial charge on any atom is -0.373 e. The molecule has 0 fully saturated rings. The van der Waals surface area contributed by atoms with Crippen molar-refractivity contribution >= 4 is 93.2 Å². The van der Waals surface area contributed by atoms with Crippen molar-refractivity contribution in [2.24, 2.45) is 28.2 Å². The van der Waals surface area contributed by atoms with Crippen LogP contribution in [0.4, 0.5) is 0 Å². The van der Waals surface area contributed by atoms with Gasteiger partial charge in [0.1, 0.15) is 0 Å². The van der Waals surface area contributed by atoms with Crippen LogP contribution in [-0.2, 0) is 70.3 Å². The summed E-state index contributed by atoms with van der Waals surface area (Å²) in [5.74, 6) is 3.21. The zero-order valence-electron chi connectivity index (χ0n) is 32.7. The zero-order chi connectivity index (χ0) is 40.0. The summed E-state index contributed by atoms with van der Waals surface area (Å²) in [7, 11) is 7.98. The van der Waals surface area contributed by atoms with Gasteiger partial charge in [-0.15, -0.1) is 93.2 Å². The Kier molecular flexibility index (Phi) is 9.82. The van der Waals surface area contributed by atoms with Gasteiger partial charge in [0.2, 0.25) is 13.4 Å². The first kappa shape index (κ1) is 40.3. The van der Waals surface area contributed by atoms with E-state index in [1.54, 1.807) is 71.8 Å². The topological polar surface area (TPSA) is 123 Å². The molecule has 8 aromatic heterocycles. The number of aryl methyl sites for hydroxylation is 4. The summed E-state index contributed by atoms with van der Waals surface area (Å²) in [6, 6.07) is 15.3. The third-order valence-corrected chi connectivity index (χ3v) is 16.3. The molecule has 0 radical (unpaired) electrons. The van der Waals surface area contributed by atoms with Gasteiger partial charge >= 0.3 is 42.1 Å². The Hall–Kier alpha value is -4.43. The molecule has 9 aromatic rings. The number of benzene rings is 1. The summed E-state index contributed by atoms with van der Waals surface area (Å²) in [4.78, 5) is 44.1. The molecule has 302 valence electrons. The number of imidazole rings is 4. The van der Waals surface area contributed by atoms with Crippen molar-refractivity contribution in [3.05, 3.63) is 98.6 Å². The van der Waals surface area contributed by atoms with E-state index >= 15 is 0 Å². The van der Waals surface area contributed by atoms with Crippen LogP contribution in [0.1, 0.15) is 0 Å². The maximum Gasteiger partial charge on any atom is 2.00 e. The number of aromatic nitrogens is 12. The first-order chi connectivity index (χ1) is 29.4. The first-order valence-corrected chi connectivity index (χ1v) is 22.2. The van der Waals surface area contributed by atoms with E-state index in [9.17, 15) is 0 Å². The number of hydrogen-bond donors (Lipinski definition) is 0. The average Bonchev–Trinajstić information content (AvgIpc) is 4.10. The smallest absolute Gasteiger partial charge is 0.373 e. The fraction of sp³-hybridized carbons (Fsp3) is 0.0952. The molecule has 0 amide bonds. The van der Waals surface area contributed by atoms with E-state index in [0.29, 0.717) is 0 Å². The summed E-state index contributed by atoms with van der Waals surface area (Å²) < 4.78 is 8.01. The van der Waals surface area contributed by atoms with Crippen LogP contribution in [0.15, 0.2) is 114 Å². The van der Waals surface area contributed by atoms with Gasteiger partial charge in [0.25, 0.3) is 0 Å². The molecular weight excluding hydrogens is 1210 g/mol. The van der Waals surface area contributed by atoms with Crippen molar-refractivity contribution in [1.82, 2.24) is 58.1 Å². The van der Waals surface area contributed by atoms with E-state index < -0.39 is 0 Å². The summed E-state index contributed by atoms with van der Waals surface area (Å²) in [5, 5.41) is 3.57. The molecule has 4 aliphatic rings. The average molecular weight is 1240 g/mol. The van der Waals surface area contributed by atoms with Gasteiger partial charge in [0.05, 0.1) is 23.3 Å². The Morgan fingerprint density at radius 3 is 0.839 bits per heavy atom. The van der Waals surface area contributed by atoms with Crippen LogP contribution in [-0.4, -0.2) is 71.6 Å². The number of rotatable bonds is 4. The molecule has 0 aliphatic carbocycles. The maximum atomic E-state index is 5.18. The molecule has 62 heavy (non-hydrogen) atoms. The van der Waals surface area contributed by atoms with Crippen LogP contribution >= 0.6 is 47.0 Å². The first-order valence-electron chi connectivity index (χ1n) is 18.9. The molecule has 0 bridgehead atoms. The van der Waals surface area contributed by atoms with Crippen LogP contribution in [0.25, 0.3) is 45.6 Å². The second kappa shape index (κ2) is 15.1. The Bertz CT molecular complexity index is 2920. The molecule has 1 aromatic carbocycles. The van der Waals surface area contributed by atoms with Gasteiger partial charge < -0.3 is 38.2 Å². The van der Waals surface area contributed by atoms with Gasteiger partial charge in [-0.05, 0) is 10.9 Å². The predicted molar refractivity (Wildman–Crippen MR) is 233 cm³/mol. The Morgan fingerprint density at radius 1 is 0.387 bits per heavy atom. The summed E-state index contributed by atoms with van der Waals surface area (Å²) in [6.45, 7) is -0.523. The van der Waals surface area contributed by atoms with Gasteiger partial charge in [-0.3, -0.25) is 19.9 Å². The molecule has 20 heteroatoms. The molecule has 0 spiro atoms. The number of hydrogen-bond acceptors (Lipinski definition) is 12. The summed E-state index contributed by atoms with van der Waals surface area (Å²) >= 11 is 6.83. The Labute approximate surface area is 402 Å². The molecule has 0 saturated carbocycles. The van der Waals surface area contributed by atoms with Gasteiger partial charge in [-0.2, -0.15) is 0 Å². The molecule has 13 rings (SSSR count). The third-order valence-electron chi connectivity index (χ3n) is 11.4. The summed E-state index contributed by atoms with van der Waals surface area (Å²) in [5.41, 5.74) is 9.66. The fourth-order valence-corrected chi connectivity index (χ4v) is 13.7. The van der Waals surface area contributed by atoms with E-state index in [1.165, 1.54) is 10.9 Å². The van der Waals surface area contributed by atoms with Gasteiger partial charge in [-0.25, -0.2) is 0 Å². The minimum absolute atomic E-state index is 0. The van der Waals surface area contributed by atoms with E-state index in [1.807, 2.05) is 96.0 Å². The van der Waals surface area contributed by atoms with Gasteiger partial charge in [-0.1, -0.05) is 47.0 Å². The number of pyridine rings is 4. The van der Waals surface area contributed by atoms with Crippen molar-refractivity contribution in [3.8, 4) is 45.6 Å². The van der Waals surface area contributed by atoms with Crippen LogP contribution in [0.3, 0.4) is 0 Å². The zero-order valence-corrected chi connectivity index (χ0v) is 40.5. The SMILES string of the molecule is Cn1ccnc1-c1[c-]c2c(nc1)Sc1c3c4c(c5c1B2c1[c-]c(-c2nccn2C)cnc1S5)Sc1ncc(-c2nccn2C)[c-]c1B4c1[c-]c(-c2nccn2C)cnc1S3.[Pt+2].[Pt+2]. The normalized spacial score (nSPS) is 13.5. The molecule has 0 atom stereocenters. The van der Waals surface area contributed by atoms with Gasteiger partial charge in [0, 0.05) is 117 Å². The standard InChI is InChI=1S/C42H24B2N12S4.2Pt/c1-53-9-5-45-35(53)21-13-25-39(49-17-21)57-31-29-32(58-40-26(43(25)29)14-22(18-50-40)36-46-6-10-54(36)2)34-30-33(31)59-41-27(15-23(19-51-41)37-47-7-11-55(37)3)44(30)28-16-24(20-52-42(28)60-34)38-48-8-12-56(38)4;;/h5-12,17-20H,1-4H3;;/q-4;2*+2. The third kappa shape index (κ3) is 5.89. The van der Waals surface area contributed by atoms with Crippen molar-refractivity contribution in [2.45, 2.75) is 39.7 Å². The molecule has 12 nitrogen and oxygen atoms in total. The van der Waals surface area contributed by atoms with E-state index in [0.717, 1.165) is 107 Å². The Balaban J connectivity index is 0.00000216. The largest absolute Gasteiger partial charge is 2.00 e. The summed E-state index contributed by atoms with van der Waals surface area (Å²) in [6.07, 6.45) is 22.6.